The van der Waals surface area contributed by atoms with Crippen LogP contribution >= 0.6 is 11.3 Å². The first-order valence-electron chi connectivity index (χ1n) is 7.22. The summed E-state index contributed by atoms with van der Waals surface area (Å²) in [5.74, 6) is 0.350. The van der Waals surface area contributed by atoms with Gasteiger partial charge in [-0.1, -0.05) is 6.92 Å². The second-order valence-corrected chi connectivity index (χ2v) is 6.24. The molecule has 1 fully saturated rings. The summed E-state index contributed by atoms with van der Waals surface area (Å²) in [6.45, 7) is 5.70. The molecule has 1 aromatic rings. The molecule has 20 heavy (non-hydrogen) atoms. The molecule has 0 aromatic carbocycles. The Hall–Kier alpha value is -1.14. The Morgan fingerprint density at radius 3 is 2.80 bits per heavy atom. The van der Waals surface area contributed by atoms with Crippen molar-refractivity contribution in [3.63, 3.8) is 0 Å². The molecule has 1 aliphatic heterocycles. The minimum Gasteiger partial charge on any atom is -0.396 e. The SMILES string of the molecule is CCC(NC(=O)N1CCC(CO)CC1)c1nc(C)cs1. The molecular formula is C14H23N3O2S. The maximum atomic E-state index is 12.3. The molecule has 5 nitrogen and oxygen atoms in total. The van der Waals surface area contributed by atoms with Crippen LogP contribution in [-0.4, -0.2) is 40.7 Å². The van der Waals surface area contributed by atoms with E-state index < -0.39 is 0 Å². The van der Waals surface area contributed by atoms with Crippen LogP contribution in [0.4, 0.5) is 4.79 Å². The number of aromatic nitrogens is 1. The number of hydrogen-bond acceptors (Lipinski definition) is 4. The number of piperidine rings is 1. The van der Waals surface area contributed by atoms with Gasteiger partial charge in [-0.05, 0) is 32.1 Å². The molecule has 2 N–H and O–H groups in total. The van der Waals surface area contributed by atoms with Crippen LogP contribution in [0.5, 0.6) is 0 Å². The molecule has 1 atom stereocenters. The van der Waals surface area contributed by atoms with Crippen LogP contribution in [0.3, 0.4) is 0 Å². The lowest BCUT2D eigenvalue weighted by atomic mass is 9.98. The van der Waals surface area contributed by atoms with Crippen LogP contribution in [-0.2, 0) is 0 Å². The van der Waals surface area contributed by atoms with Gasteiger partial charge in [0, 0.05) is 30.8 Å². The zero-order valence-corrected chi connectivity index (χ0v) is 12.9. The minimum atomic E-state index is -0.0129. The normalized spacial score (nSPS) is 18.1. The summed E-state index contributed by atoms with van der Waals surface area (Å²) in [7, 11) is 0. The van der Waals surface area contributed by atoms with E-state index in [1.807, 2.05) is 17.2 Å². The Morgan fingerprint density at radius 1 is 1.60 bits per heavy atom. The average molecular weight is 297 g/mol. The number of aliphatic hydroxyl groups excluding tert-OH is 1. The molecule has 2 amide bonds. The Kier molecular flexibility index (Phi) is 5.37. The molecule has 1 aliphatic rings. The first-order chi connectivity index (χ1) is 9.63. The van der Waals surface area contributed by atoms with E-state index in [4.69, 9.17) is 5.11 Å². The summed E-state index contributed by atoms with van der Waals surface area (Å²) < 4.78 is 0. The molecule has 0 spiro atoms. The summed E-state index contributed by atoms with van der Waals surface area (Å²) in [5.41, 5.74) is 1.00. The molecule has 0 saturated carbocycles. The van der Waals surface area contributed by atoms with E-state index in [2.05, 4.69) is 17.2 Å². The molecule has 0 bridgehead atoms. The maximum Gasteiger partial charge on any atom is 0.317 e. The van der Waals surface area contributed by atoms with Crippen LogP contribution in [0.1, 0.15) is 42.9 Å². The Morgan fingerprint density at radius 2 is 2.30 bits per heavy atom. The quantitative estimate of drug-likeness (QED) is 0.896. The first-order valence-corrected chi connectivity index (χ1v) is 8.10. The highest BCUT2D eigenvalue weighted by Crippen LogP contribution is 2.22. The number of nitrogens with one attached hydrogen (secondary N) is 1. The smallest absolute Gasteiger partial charge is 0.317 e. The molecule has 2 rings (SSSR count). The van der Waals surface area contributed by atoms with E-state index in [0.29, 0.717) is 5.92 Å². The van der Waals surface area contributed by atoms with Gasteiger partial charge in [0.2, 0.25) is 0 Å². The predicted octanol–water partition coefficient (Wildman–Crippen LogP) is 2.32. The van der Waals surface area contributed by atoms with E-state index in [0.717, 1.165) is 43.1 Å². The molecule has 0 aliphatic carbocycles. The maximum absolute atomic E-state index is 12.3. The highest BCUT2D eigenvalue weighted by molar-refractivity contribution is 7.09. The number of thiazole rings is 1. The van der Waals surface area contributed by atoms with Gasteiger partial charge in [-0.15, -0.1) is 11.3 Å². The third-order valence-electron chi connectivity index (χ3n) is 3.80. The molecule has 2 heterocycles. The van der Waals surface area contributed by atoms with E-state index in [9.17, 15) is 4.79 Å². The van der Waals surface area contributed by atoms with Crippen molar-refractivity contribution < 1.29 is 9.90 Å². The largest absolute Gasteiger partial charge is 0.396 e. The van der Waals surface area contributed by atoms with Crippen molar-refractivity contribution in [2.75, 3.05) is 19.7 Å². The van der Waals surface area contributed by atoms with E-state index in [1.165, 1.54) is 0 Å². The van der Waals surface area contributed by atoms with Gasteiger partial charge in [-0.3, -0.25) is 0 Å². The summed E-state index contributed by atoms with van der Waals surface area (Å²) in [6.07, 6.45) is 2.61. The Bertz CT molecular complexity index is 441. The van der Waals surface area contributed by atoms with Crippen molar-refractivity contribution in [2.45, 2.75) is 39.2 Å². The van der Waals surface area contributed by atoms with Crippen LogP contribution in [0.15, 0.2) is 5.38 Å². The molecule has 112 valence electrons. The zero-order valence-electron chi connectivity index (χ0n) is 12.1. The molecular weight excluding hydrogens is 274 g/mol. The van der Waals surface area contributed by atoms with Gasteiger partial charge in [-0.2, -0.15) is 0 Å². The van der Waals surface area contributed by atoms with Crippen molar-refractivity contribution in [2.24, 2.45) is 5.92 Å². The number of hydrogen-bond donors (Lipinski definition) is 2. The van der Waals surface area contributed by atoms with Gasteiger partial charge in [0.25, 0.3) is 0 Å². The Labute approximate surface area is 124 Å². The topological polar surface area (TPSA) is 65.5 Å². The number of likely N-dealkylation sites (tertiary alicyclic amines) is 1. The van der Waals surface area contributed by atoms with Gasteiger partial charge < -0.3 is 15.3 Å². The summed E-state index contributed by atoms with van der Waals surface area (Å²) in [6, 6.07) is -0.0159. The fourth-order valence-electron chi connectivity index (χ4n) is 2.43. The highest BCUT2D eigenvalue weighted by atomic mass is 32.1. The summed E-state index contributed by atoms with van der Waals surface area (Å²) in [5, 5.41) is 15.2. The van der Waals surface area contributed by atoms with Gasteiger partial charge in [0.05, 0.1) is 6.04 Å². The van der Waals surface area contributed by atoms with E-state index >= 15 is 0 Å². The van der Waals surface area contributed by atoms with Gasteiger partial charge in [0.1, 0.15) is 5.01 Å². The monoisotopic (exact) mass is 297 g/mol. The average Bonchev–Trinajstić information content (AvgIpc) is 2.91. The van der Waals surface area contributed by atoms with Crippen LogP contribution in [0.25, 0.3) is 0 Å². The molecule has 1 unspecified atom stereocenters. The van der Waals surface area contributed by atoms with Crippen molar-refractivity contribution in [1.82, 2.24) is 15.2 Å². The third kappa shape index (κ3) is 3.70. The molecule has 1 aromatic heterocycles. The number of rotatable bonds is 4. The van der Waals surface area contributed by atoms with Crippen LogP contribution < -0.4 is 5.32 Å². The van der Waals surface area contributed by atoms with Gasteiger partial charge >= 0.3 is 6.03 Å². The Balaban J connectivity index is 1.90. The lowest BCUT2D eigenvalue weighted by Gasteiger charge is -2.32. The third-order valence-corrected chi connectivity index (χ3v) is 4.88. The highest BCUT2D eigenvalue weighted by Gasteiger charge is 2.24. The zero-order chi connectivity index (χ0) is 14.5. The number of amides is 2. The van der Waals surface area contributed by atoms with E-state index in [1.54, 1.807) is 11.3 Å². The molecule has 1 saturated heterocycles. The van der Waals surface area contributed by atoms with Gasteiger partial charge in [-0.25, -0.2) is 9.78 Å². The number of nitrogens with zero attached hydrogens (tertiary/aromatic N) is 2. The second-order valence-electron chi connectivity index (χ2n) is 5.35. The number of aliphatic hydroxyl groups is 1. The standard InChI is InChI=1S/C14H23N3O2S/c1-3-12(13-15-10(2)9-20-13)16-14(19)17-6-4-11(8-18)5-7-17/h9,11-12,18H,3-8H2,1-2H3,(H,16,19). The summed E-state index contributed by atoms with van der Waals surface area (Å²) >= 11 is 1.60. The van der Waals surface area contributed by atoms with Crippen LogP contribution in [0, 0.1) is 12.8 Å². The number of aryl methyl sites for hydroxylation is 1. The van der Waals surface area contributed by atoms with E-state index in [-0.39, 0.29) is 18.7 Å². The van der Waals surface area contributed by atoms with Crippen LogP contribution in [0.2, 0.25) is 0 Å². The fraction of sp³-hybridized carbons (Fsp3) is 0.714. The molecule has 0 radical (unpaired) electrons. The van der Waals surface area contributed by atoms with Crippen molar-refractivity contribution in [3.05, 3.63) is 16.1 Å². The fourth-order valence-corrected chi connectivity index (χ4v) is 3.36. The van der Waals surface area contributed by atoms with Crippen molar-refractivity contribution in [1.29, 1.82) is 0 Å². The first kappa shape index (κ1) is 15.3. The summed E-state index contributed by atoms with van der Waals surface area (Å²) in [4.78, 5) is 18.6. The van der Waals surface area contributed by atoms with Crippen molar-refractivity contribution in [3.8, 4) is 0 Å². The minimum absolute atomic E-state index is 0.00300. The predicted molar refractivity (Wildman–Crippen MR) is 79.8 cm³/mol. The second kappa shape index (κ2) is 7.04. The van der Waals surface area contributed by atoms with Gasteiger partial charge in [0.15, 0.2) is 0 Å². The number of carbonyl (C=O) groups is 1. The number of carbonyl (C=O) groups excluding carboxylic acids is 1. The van der Waals surface area contributed by atoms with Crippen molar-refractivity contribution >= 4 is 17.4 Å². The lowest BCUT2D eigenvalue weighted by Crippen LogP contribution is -2.45. The molecule has 6 heteroatoms. The number of urea groups is 1. The lowest BCUT2D eigenvalue weighted by molar-refractivity contribution is 0.135.